The lowest BCUT2D eigenvalue weighted by molar-refractivity contribution is -0.508. The average molecular weight is 500 g/mol. The van der Waals surface area contributed by atoms with Crippen molar-refractivity contribution in [2.24, 2.45) is 0 Å². The lowest BCUT2D eigenvalue weighted by atomic mass is 9.91. The van der Waals surface area contributed by atoms with Crippen molar-refractivity contribution in [3.63, 3.8) is 0 Å². The molecule has 1 aromatic carbocycles. The first-order valence-electron chi connectivity index (χ1n) is 12.4. The van der Waals surface area contributed by atoms with E-state index in [4.69, 9.17) is 11.6 Å². The highest BCUT2D eigenvalue weighted by Gasteiger charge is 2.40. The fraction of sp³-hybridized carbons (Fsp3) is 0.308. The predicted octanol–water partition coefficient (Wildman–Crippen LogP) is 3.43. The quantitative estimate of drug-likeness (QED) is 0.320. The van der Waals surface area contributed by atoms with E-state index in [2.05, 4.69) is 68.3 Å². The lowest BCUT2D eigenvalue weighted by Crippen LogP contribution is -2.42. The number of nitrogens with one attached hydrogen (secondary N) is 1. The van der Waals surface area contributed by atoms with Gasteiger partial charge in [-0.05, 0) is 55.2 Å². The number of carbonyl (C=O) groups is 1. The number of alkyl halides is 1. The molecule has 10 heteroatoms. The fourth-order valence-electron chi connectivity index (χ4n) is 5.15. The number of aromatic nitrogens is 4. The van der Waals surface area contributed by atoms with Gasteiger partial charge >= 0.3 is 7.55 Å². The number of anilines is 1. The summed E-state index contributed by atoms with van der Waals surface area (Å²) in [6, 6.07) is 12.2. The van der Waals surface area contributed by atoms with Crippen LogP contribution in [0.1, 0.15) is 43.1 Å². The van der Waals surface area contributed by atoms with Crippen LogP contribution in [0, 0.1) is 0 Å². The van der Waals surface area contributed by atoms with Crippen LogP contribution in [-0.4, -0.2) is 67.1 Å². The van der Waals surface area contributed by atoms with E-state index in [9.17, 15) is 4.79 Å². The van der Waals surface area contributed by atoms with Gasteiger partial charge < -0.3 is 9.79 Å². The Labute approximate surface area is 215 Å². The monoisotopic (exact) mass is 499 g/mol. The molecule has 0 unspecified atom stereocenters. The van der Waals surface area contributed by atoms with Crippen LogP contribution in [0.3, 0.4) is 0 Å². The Balaban J connectivity index is 1.45. The Morgan fingerprint density at radius 3 is 2.69 bits per heavy atom. The summed E-state index contributed by atoms with van der Waals surface area (Å²) in [6.45, 7) is 4.28. The molecular formula is C26H27BClN7O+. The minimum atomic E-state index is -0.220. The van der Waals surface area contributed by atoms with Gasteiger partial charge in [0.1, 0.15) is 17.4 Å². The summed E-state index contributed by atoms with van der Waals surface area (Å²) in [5.74, 6) is 1.85. The van der Waals surface area contributed by atoms with Crippen molar-refractivity contribution in [3.8, 4) is 5.82 Å². The molecule has 0 bridgehead atoms. The third-order valence-corrected chi connectivity index (χ3v) is 7.07. The third kappa shape index (κ3) is 3.97. The van der Waals surface area contributed by atoms with Gasteiger partial charge in [0.15, 0.2) is 0 Å². The number of amides is 1. The zero-order valence-electron chi connectivity index (χ0n) is 20.2. The highest BCUT2D eigenvalue weighted by molar-refractivity contribution is 6.40. The number of fused-ring (bicyclic) bond motifs is 2. The van der Waals surface area contributed by atoms with Crippen molar-refractivity contribution >= 4 is 42.2 Å². The Bertz CT molecular complexity index is 1410. The number of halogens is 1. The summed E-state index contributed by atoms with van der Waals surface area (Å²) in [7, 11) is 2.16. The molecule has 1 N–H and O–H groups in total. The SMILES string of the molecule is CCCc1cn(-c2ccc3n2[B]N2C(=C3c3ccc(NC(=O)CCl)cc3)C=CC2=[N+]2CCCC2)nn1. The van der Waals surface area contributed by atoms with Gasteiger partial charge in [0.05, 0.1) is 25.0 Å². The van der Waals surface area contributed by atoms with E-state index in [1.807, 2.05) is 35.1 Å². The molecule has 0 saturated carbocycles. The molecule has 1 saturated heterocycles. The molecule has 0 aliphatic carbocycles. The van der Waals surface area contributed by atoms with Crippen LogP contribution >= 0.6 is 11.6 Å². The van der Waals surface area contributed by atoms with E-state index >= 15 is 0 Å². The first-order chi connectivity index (χ1) is 17.7. The van der Waals surface area contributed by atoms with Gasteiger partial charge in [-0.25, -0.2) is 4.68 Å². The Morgan fingerprint density at radius 2 is 1.94 bits per heavy atom. The summed E-state index contributed by atoms with van der Waals surface area (Å²) in [6.07, 6.45) is 10.8. The van der Waals surface area contributed by atoms with Crippen molar-refractivity contribution < 1.29 is 9.37 Å². The second-order valence-electron chi connectivity index (χ2n) is 9.24. The summed E-state index contributed by atoms with van der Waals surface area (Å²) in [5.41, 5.74) is 6.11. The van der Waals surface area contributed by atoms with Crippen LogP contribution in [0.2, 0.25) is 0 Å². The number of carbonyl (C=O) groups excluding carboxylic acids is 1. The summed E-state index contributed by atoms with van der Waals surface area (Å²) >= 11 is 5.65. The molecule has 1 fully saturated rings. The van der Waals surface area contributed by atoms with E-state index in [1.165, 1.54) is 18.7 Å². The maximum Gasteiger partial charge on any atom is 0.553 e. The van der Waals surface area contributed by atoms with Gasteiger partial charge in [0, 0.05) is 23.0 Å². The van der Waals surface area contributed by atoms with Crippen molar-refractivity contribution in [3.05, 3.63) is 77.4 Å². The van der Waals surface area contributed by atoms with E-state index in [1.54, 1.807) is 0 Å². The van der Waals surface area contributed by atoms with Crippen LogP contribution in [0.4, 0.5) is 5.69 Å². The van der Waals surface area contributed by atoms with E-state index in [0.717, 1.165) is 65.7 Å². The maximum atomic E-state index is 11.7. The molecule has 3 aliphatic rings. The minimum absolute atomic E-state index is 0.0691. The zero-order valence-corrected chi connectivity index (χ0v) is 20.9. The number of hydrogen-bond donors (Lipinski definition) is 1. The van der Waals surface area contributed by atoms with Gasteiger partial charge in [0.25, 0.3) is 5.84 Å². The molecule has 2 aromatic heterocycles. The largest absolute Gasteiger partial charge is 0.553 e. The highest BCUT2D eigenvalue weighted by Crippen LogP contribution is 2.37. The first-order valence-corrected chi connectivity index (χ1v) is 13.0. The summed E-state index contributed by atoms with van der Waals surface area (Å²) in [4.78, 5) is 14.0. The number of amidine groups is 1. The molecule has 3 aliphatic heterocycles. The van der Waals surface area contributed by atoms with Crippen molar-refractivity contribution in [1.82, 2.24) is 24.3 Å². The smallest absolute Gasteiger partial charge is 0.329 e. The maximum absolute atomic E-state index is 11.7. The number of nitrogens with zero attached hydrogens (tertiary/aromatic N) is 6. The highest BCUT2D eigenvalue weighted by atomic mass is 35.5. The lowest BCUT2D eigenvalue weighted by Gasteiger charge is -2.26. The van der Waals surface area contributed by atoms with E-state index < -0.39 is 0 Å². The predicted molar refractivity (Wildman–Crippen MR) is 142 cm³/mol. The molecule has 1 radical (unpaired) electrons. The van der Waals surface area contributed by atoms with Gasteiger partial charge in [-0.15, -0.1) is 16.7 Å². The van der Waals surface area contributed by atoms with Gasteiger partial charge in [-0.3, -0.25) is 14.2 Å². The second-order valence-corrected chi connectivity index (χ2v) is 9.51. The normalized spacial score (nSPS) is 16.4. The van der Waals surface area contributed by atoms with E-state index in [0.29, 0.717) is 0 Å². The third-order valence-electron chi connectivity index (χ3n) is 6.83. The van der Waals surface area contributed by atoms with Gasteiger partial charge in [-0.2, -0.15) is 0 Å². The number of allylic oxidation sites excluding steroid dienone is 1. The number of aryl methyl sites for hydroxylation is 1. The average Bonchev–Trinajstić information content (AvgIpc) is 3.69. The number of rotatable bonds is 6. The van der Waals surface area contributed by atoms with Crippen LogP contribution < -0.4 is 5.32 Å². The van der Waals surface area contributed by atoms with Crippen LogP contribution in [0.25, 0.3) is 11.4 Å². The molecule has 36 heavy (non-hydrogen) atoms. The molecule has 0 atom stereocenters. The van der Waals surface area contributed by atoms with Crippen molar-refractivity contribution in [2.45, 2.75) is 32.6 Å². The van der Waals surface area contributed by atoms with Crippen LogP contribution in [-0.2, 0) is 11.2 Å². The standard InChI is InChI=1S/C26H26BClN7O/c1-2-5-20-17-33(31-30-20)25-13-11-22-26(18-6-8-19(9-7-18)29-23(36)16-28)21-10-12-24(32-14-3-4-15-32)34(21)27-35(22)25/h6-13,17H,2-5,14-16H2,1H3/p+1. The minimum Gasteiger partial charge on any atom is -0.329 e. The molecule has 3 aromatic rings. The van der Waals surface area contributed by atoms with E-state index in [-0.39, 0.29) is 11.8 Å². The molecule has 1 amide bonds. The van der Waals surface area contributed by atoms with Gasteiger partial charge in [-0.1, -0.05) is 30.7 Å². The second kappa shape index (κ2) is 9.46. The number of hydrogen-bond acceptors (Lipinski definition) is 3. The van der Waals surface area contributed by atoms with Crippen LogP contribution in [0.15, 0.2) is 60.4 Å². The summed E-state index contributed by atoms with van der Waals surface area (Å²) < 4.78 is 6.50. The molecule has 5 heterocycles. The zero-order chi connectivity index (χ0) is 24.6. The molecule has 0 spiro atoms. The van der Waals surface area contributed by atoms with Gasteiger partial charge in [0.2, 0.25) is 5.91 Å². The molecule has 181 valence electrons. The van der Waals surface area contributed by atoms with Crippen molar-refractivity contribution in [1.29, 1.82) is 0 Å². The molecular weight excluding hydrogens is 473 g/mol. The van der Waals surface area contributed by atoms with Crippen LogP contribution in [0.5, 0.6) is 0 Å². The molecule has 8 nitrogen and oxygen atoms in total. The Morgan fingerprint density at radius 1 is 1.14 bits per heavy atom. The first kappa shape index (κ1) is 22.9. The fourth-order valence-corrected chi connectivity index (χ4v) is 5.22. The molecule has 6 rings (SSSR count). The Kier molecular flexibility index (Phi) is 6.01. The van der Waals surface area contributed by atoms with Crippen molar-refractivity contribution in [2.75, 3.05) is 24.3 Å². The Hall–Kier alpha value is -3.59. The summed E-state index contributed by atoms with van der Waals surface area (Å²) in [5, 5.41) is 11.6. The number of benzene rings is 1. The topological polar surface area (TPSA) is 71.0 Å².